The molecule has 0 aromatic heterocycles. The van der Waals surface area contributed by atoms with Crippen molar-refractivity contribution in [3.63, 3.8) is 0 Å². The summed E-state index contributed by atoms with van der Waals surface area (Å²) in [5.41, 5.74) is 0.317. The van der Waals surface area contributed by atoms with Crippen LogP contribution in [0.5, 0.6) is 0 Å². The Morgan fingerprint density at radius 2 is 1.92 bits per heavy atom. The minimum atomic E-state index is 0.317. The van der Waals surface area contributed by atoms with Crippen molar-refractivity contribution in [2.75, 3.05) is 6.61 Å². The lowest BCUT2D eigenvalue weighted by Gasteiger charge is -2.37. The smallest absolute Gasteiger partial charge is 0.0713 e. The molecule has 2 nitrogen and oxygen atoms in total. The van der Waals surface area contributed by atoms with Gasteiger partial charge >= 0.3 is 0 Å². The Bertz CT molecular complexity index is 172. The van der Waals surface area contributed by atoms with E-state index in [0.717, 1.165) is 18.7 Å². The summed E-state index contributed by atoms with van der Waals surface area (Å²) in [6, 6.07) is 1.56. The number of ether oxygens (including phenoxy) is 1. The largest absolute Gasteiger partial charge is 0.375 e. The molecule has 2 heteroatoms. The maximum Gasteiger partial charge on any atom is 0.0713 e. The van der Waals surface area contributed by atoms with Crippen LogP contribution in [0.1, 0.15) is 38.5 Å². The third-order valence-corrected chi connectivity index (χ3v) is 3.76. The van der Waals surface area contributed by atoms with Crippen molar-refractivity contribution in [1.29, 1.82) is 0 Å². The van der Waals surface area contributed by atoms with Crippen molar-refractivity contribution in [2.45, 2.75) is 56.2 Å². The second-order valence-electron chi connectivity index (χ2n) is 4.68. The van der Waals surface area contributed by atoms with E-state index in [0.29, 0.717) is 5.60 Å². The normalized spacial score (nSPS) is 52.0. The van der Waals surface area contributed by atoms with Gasteiger partial charge in [-0.1, -0.05) is 0 Å². The molecule has 0 aliphatic carbocycles. The molecule has 1 N–H and O–H groups in total. The topological polar surface area (TPSA) is 21.3 Å². The Hall–Kier alpha value is -0.0800. The van der Waals surface area contributed by atoms with E-state index in [-0.39, 0.29) is 0 Å². The van der Waals surface area contributed by atoms with E-state index in [1.165, 1.54) is 38.5 Å². The summed E-state index contributed by atoms with van der Waals surface area (Å²) in [4.78, 5) is 0. The van der Waals surface area contributed by atoms with Crippen LogP contribution in [0.4, 0.5) is 0 Å². The SMILES string of the molecule is C1COC2(C1)C[C@H]1CC[C@@H](C2)N1. The highest BCUT2D eigenvalue weighted by molar-refractivity contribution is 5.02. The Morgan fingerprint density at radius 1 is 1.17 bits per heavy atom. The standard InChI is InChI=1S/C10H17NO/c1-4-10(12-5-1)6-8-2-3-9(7-10)11-8/h8-9,11H,1-7H2/t8-,9+,10?. The molecule has 3 heterocycles. The molecule has 0 radical (unpaired) electrons. The molecule has 3 rings (SSSR count). The van der Waals surface area contributed by atoms with Crippen LogP contribution in [-0.4, -0.2) is 24.3 Å². The summed E-state index contributed by atoms with van der Waals surface area (Å²) in [6.45, 7) is 1.01. The quantitative estimate of drug-likeness (QED) is 0.589. The highest BCUT2D eigenvalue weighted by Gasteiger charge is 2.45. The average molecular weight is 167 g/mol. The highest BCUT2D eigenvalue weighted by Crippen LogP contribution is 2.42. The van der Waals surface area contributed by atoms with Crippen molar-refractivity contribution >= 4 is 0 Å². The van der Waals surface area contributed by atoms with Gasteiger partial charge in [-0.25, -0.2) is 0 Å². The third kappa shape index (κ3) is 1.01. The first-order valence-corrected chi connectivity index (χ1v) is 5.26. The minimum Gasteiger partial charge on any atom is -0.375 e. The van der Waals surface area contributed by atoms with Gasteiger partial charge in [0.25, 0.3) is 0 Å². The number of piperidine rings is 1. The van der Waals surface area contributed by atoms with Crippen molar-refractivity contribution in [3.05, 3.63) is 0 Å². The number of rotatable bonds is 0. The van der Waals surface area contributed by atoms with Crippen molar-refractivity contribution in [2.24, 2.45) is 0 Å². The zero-order chi connectivity index (χ0) is 8.02. The molecule has 3 saturated heterocycles. The zero-order valence-electron chi connectivity index (χ0n) is 7.51. The maximum absolute atomic E-state index is 5.92. The van der Waals surface area contributed by atoms with E-state index in [4.69, 9.17) is 4.74 Å². The predicted octanol–water partition coefficient (Wildman–Crippen LogP) is 1.45. The first-order chi connectivity index (χ1) is 5.86. The van der Waals surface area contributed by atoms with Crippen LogP contribution in [0.15, 0.2) is 0 Å². The van der Waals surface area contributed by atoms with Gasteiger partial charge in [0.05, 0.1) is 5.60 Å². The van der Waals surface area contributed by atoms with Gasteiger partial charge in [0.15, 0.2) is 0 Å². The first-order valence-electron chi connectivity index (χ1n) is 5.26. The summed E-state index contributed by atoms with van der Waals surface area (Å²) < 4.78 is 5.92. The maximum atomic E-state index is 5.92. The van der Waals surface area contributed by atoms with Crippen molar-refractivity contribution in [1.82, 2.24) is 5.32 Å². The summed E-state index contributed by atoms with van der Waals surface area (Å²) in [5, 5.41) is 3.66. The molecule has 3 aliphatic rings. The van der Waals surface area contributed by atoms with Crippen LogP contribution < -0.4 is 5.32 Å². The summed E-state index contributed by atoms with van der Waals surface area (Å²) in [6.07, 6.45) is 7.94. The van der Waals surface area contributed by atoms with Gasteiger partial charge in [-0.3, -0.25) is 0 Å². The monoisotopic (exact) mass is 167 g/mol. The van der Waals surface area contributed by atoms with E-state index in [2.05, 4.69) is 5.32 Å². The Balaban J connectivity index is 1.80. The molecule has 0 amide bonds. The van der Waals surface area contributed by atoms with Gasteiger partial charge < -0.3 is 10.1 Å². The number of hydrogen-bond acceptors (Lipinski definition) is 2. The van der Waals surface area contributed by atoms with Gasteiger partial charge in [0, 0.05) is 18.7 Å². The van der Waals surface area contributed by atoms with E-state index in [9.17, 15) is 0 Å². The molecule has 1 unspecified atom stereocenters. The molecule has 68 valence electrons. The summed E-state index contributed by atoms with van der Waals surface area (Å²) in [5.74, 6) is 0. The molecular weight excluding hydrogens is 150 g/mol. The number of hydrogen-bond donors (Lipinski definition) is 1. The lowest BCUT2D eigenvalue weighted by atomic mass is 9.85. The van der Waals surface area contributed by atoms with Gasteiger partial charge in [0.1, 0.15) is 0 Å². The van der Waals surface area contributed by atoms with E-state index in [1.807, 2.05) is 0 Å². The van der Waals surface area contributed by atoms with Crippen LogP contribution in [0.3, 0.4) is 0 Å². The van der Waals surface area contributed by atoms with E-state index >= 15 is 0 Å². The number of fused-ring (bicyclic) bond motifs is 2. The van der Waals surface area contributed by atoms with Crippen LogP contribution in [0.2, 0.25) is 0 Å². The Labute approximate surface area is 73.7 Å². The molecule has 3 atom stereocenters. The van der Waals surface area contributed by atoms with Crippen LogP contribution in [-0.2, 0) is 4.74 Å². The van der Waals surface area contributed by atoms with Crippen molar-refractivity contribution < 1.29 is 4.74 Å². The number of nitrogens with one attached hydrogen (secondary N) is 1. The van der Waals surface area contributed by atoms with Gasteiger partial charge in [-0.05, 0) is 38.5 Å². The summed E-state index contributed by atoms with van der Waals surface area (Å²) >= 11 is 0. The van der Waals surface area contributed by atoms with Gasteiger partial charge in [-0.2, -0.15) is 0 Å². The highest BCUT2D eigenvalue weighted by atomic mass is 16.5. The van der Waals surface area contributed by atoms with E-state index < -0.39 is 0 Å². The van der Waals surface area contributed by atoms with Crippen LogP contribution in [0, 0.1) is 0 Å². The molecule has 3 fully saturated rings. The second kappa shape index (κ2) is 2.46. The fraction of sp³-hybridized carbons (Fsp3) is 1.00. The van der Waals surface area contributed by atoms with Crippen LogP contribution in [0.25, 0.3) is 0 Å². The fourth-order valence-electron chi connectivity index (χ4n) is 3.28. The van der Waals surface area contributed by atoms with Crippen LogP contribution >= 0.6 is 0 Å². The lowest BCUT2D eigenvalue weighted by molar-refractivity contribution is -0.0326. The molecule has 0 aromatic carbocycles. The first kappa shape index (κ1) is 7.34. The van der Waals surface area contributed by atoms with Crippen molar-refractivity contribution in [3.8, 4) is 0 Å². The zero-order valence-corrected chi connectivity index (χ0v) is 7.51. The van der Waals surface area contributed by atoms with E-state index in [1.54, 1.807) is 0 Å². The third-order valence-electron chi connectivity index (χ3n) is 3.76. The fourth-order valence-corrected chi connectivity index (χ4v) is 3.28. The molecule has 2 bridgehead atoms. The minimum absolute atomic E-state index is 0.317. The Kier molecular flexibility index (Phi) is 1.50. The molecule has 0 aromatic rings. The average Bonchev–Trinajstić information content (AvgIpc) is 2.60. The molecule has 3 aliphatic heterocycles. The second-order valence-corrected chi connectivity index (χ2v) is 4.68. The molecular formula is C10H17NO. The molecule has 1 spiro atoms. The Morgan fingerprint density at radius 3 is 2.50 bits per heavy atom. The van der Waals surface area contributed by atoms with Gasteiger partial charge in [-0.15, -0.1) is 0 Å². The summed E-state index contributed by atoms with van der Waals surface area (Å²) in [7, 11) is 0. The predicted molar refractivity (Wildman–Crippen MR) is 47.1 cm³/mol. The lowest BCUT2D eigenvalue weighted by Crippen LogP contribution is -2.48. The molecule has 0 saturated carbocycles. The van der Waals surface area contributed by atoms with Gasteiger partial charge in [0.2, 0.25) is 0 Å². The molecule has 12 heavy (non-hydrogen) atoms.